The summed E-state index contributed by atoms with van der Waals surface area (Å²) in [4.78, 5) is 11.8. The number of hydrogen-bond acceptors (Lipinski definition) is 4. The molecule has 0 aliphatic carbocycles. The standard InChI is InChI=1S/C13H21N3O3/c1-8-11(10(3)19-16-8)7-14-13(17)15-9(2)12-5-4-6-18-12/h9,12H,4-7H2,1-3H3,(H2,14,15,17)/t9-,12-/m0/s1. The fourth-order valence-corrected chi connectivity index (χ4v) is 2.27. The zero-order valence-electron chi connectivity index (χ0n) is 11.7. The Labute approximate surface area is 112 Å². The first-order chi connectivity index (χ1) is 9.08. The summed E-state index contributed by atoms with van der Waals surface area (Å²) >= 11 is 0. The molecule has 2 amide bonds. The van der Waals surface area contributed by atoms with Gasteiger partial charge in [0.1, 0.15) is 5.76 Å². The van der Waals surface area contributed by atoms with Crippen molar-refractivity contribution in [2.45, 2.75) is 52.3 Å². The average molecular weight is 267 g/mol. The normalized spacial score (nSPS) is 20.3. The van der Waals surface area contributed by atoms with Crippen molar-refractivity contribution < 1.29 is 14.1 Å². The van der Waals surface area contributed by atoms with Crippen molar-refractivity contribution in [3.05, 3.63) is 17.0 Å². The van der Waals surface area contributed by atoms with E-state index in [-0.39, 0.29) is 18.2 Å². The minimum Gasteiger partial charge on any atom is -0.376 e. The zero-order chi connectivity index (χ0) is 13.8. The van der Waals surface area contributed by atoms with Gasteiger partial charge in [0.05, 0.1) is 17.8 Å². The Hall–Kier alpha value is -1.56. The Kier molecular flexibility index (Phi) is 4.42. The highest BCUT2D eigenvalue weighted by Crippen LogP contribution is 2.15. The maximum atomic E-state index is 11.8. The third-order valence-corrected chi connectivity index (χ3v) is 3.49. The lowest BCUT2D eigenvalue weighted by atomic mass is 10.1. The first kappa shape index (κ1) is 13.9. The van der Waals surface area contributed by atoms with Crippen LogP contribution >= 0.6 is 0 Å². The summed E-state index contributed by atoms with van der Waals surface area (Å²) in [5, 5.41) is 9.56. The molecule has 6 heteroatoms. The summed E-state index contributed by atoms with van der Waals surface area (Å²) < 4.78 is 10.6. The van der Waals surface area contributed by atoms with Crippen LogP contribution in [0.5, 0.6) is 0 Å². The van der Waals surface area contributed by atoms with Crippen molar-refractivity contribution >= 4 is 6.03 Å². The van der Waals surface area contributed by atoms with Crippen LogP contribution in [0.1, 0.15) is 36.8 Å². The minimum absolute atomic E-state index is 0.0205. The molecule has 0 bridgehead atoms. The van der Waals surface area contributed by atoms with Gasteiger partial charge in [0.25, 0.3) is 0 Å². The summed E-state index contributed by atoms with van der Waals surface area (Å²) in [6.45, 7) is 6.87. The molecule has 1 saturated heterocycles. The van der Waals surface area contributed by atoms with Crippen molar-refractivity contribution in [2.75, 3.05) is 6.61 Å². The summed E-state index contributed by atoms with van der Waals surface area (Å²) in [6, 6.07) is -0.171. The molecule has 2 heterocycles. The van der Waals surface area contributed by atoms with E-state index in [1.807, 2.05) is 20.8 Å². The van der Waals surface area contributed by atoms with Gasteiger partial charge in [-0.2, -0.15) is 0 Å². The van der Waals surface area contributed by atoms with Gasteiger partial charge in [0.15, 0.2) is 0 Å². The lowest BCUT2D eigenvalue weighted by Crippen LogP contribution is -2.45. The van der Waals surface area contributed by atoms with Crippen LogP contribution in [0.4, 0.5) is 4.79 Å². The molecule has 1 aromatic rings. The Balaban J connectivity index is 1.78. The number of amides is 2. The van der Waals surface area contributed by atoms with Crippen LogP contribution in [-0.4, -0.2) is 29.9 Å². The summed E-state index contributed by atoms with van der Waals surface area (Å²) in [7, 11) is 0. The molecule has 1 fully saturated rings. The van der Waals surface area contributed by atoms with Gasteiger partial charge in [-0.25, -0.2) is 4.79 Å². The van der Waals surface area contributed by atoms with Crippen LogP contribution in [0.3, 0.4) is 0 Å². The number of nitrogens with zero attached hydrogens (tertiary/aromatic N) is 1. The molecule has 1 aliphatic rings. The van der Waals surface area contributed by atoms with E-state index in [4.69, 9.17) is 9.26 Å². The molecule has 0 radical (unpaired) electrons. The highest BCUT2D eigenvalue weighted by molar-refractivity contribution is 5.74. The van der Waals surface area contributed by atoms with Gasteiger partial charge in [-0.05, 0) is 33.6 Å². The van der Waals surface area contributed by atoms with Gasteiger partial charge in [-0.3, -0.25) is 0 Å². The van der Waals surface area contributed by atoms with E-state index >= 15 is 0 Å². The highest BCUT2D eigenvalue weighted by Gasteiger charge is 2.23. The van der Waals surface area contributed by atoms with E-state index in [0.717, 1.165) is 36.5 Å². The van der Waals surface area contributed by atoms with E-state index in [1.54, 1.807) is 0 Å². The van der Waals surface area contributed by atoms with E-state index in [2.05, 4.69) is 15.8 Å². The topological polar surface area (TPSA) is 76.4 Å². The third-order valence-electron chi connectivity index (χ3n) is 3.49. The summed E-state index contributed by atoms with van der Waals surface area (Å²) in [5.74, 6) is 0.741. The van der Waals surface area contributed by atoms with Gasteiger partial charge in [-0.1, -0.05) is 5.16 Å². The SMILES string of the molecule is Cc1noc(C)c1CNC(=O)N[C@@H](C)[C@@H]1CCCO1. The number of nitrogens with one attached hydrogen (secondary N) is 2. The van der Waals surface area contributed by atoms with Crippen molar-refractivity contribution in [3.8, 4) is 0 Å². The highest BCUT2D eigenvalue weighted by atomic mass is 16.5. The summed E-state index contributed by atoms with van der Waals surface area (Å²) in [5.41, 5.74) is 1.74. The largest absolute Gasteiger partial charge is 0.376 e. The molecule has 2 N–H and O–H groups in total. The van der Waals surface area contributed by atoms with Crippen LogP contribution in [0.25, 0.3) is 0 Å². The van der Waals surface area contributed by atoms with Gasteiger partial charge in [0.2, 0.25) is 0 Å². The Morgan fingerprint density at radius 3 is 2.89 bits per heavy atom. The lowest BCUT2D eigenvalue weighted by Gasteiger charge is -2.20. The Morgan fingerprint density at radius 1 is 1.53 bits per heavy atom. The summed E-state index contributed by atoms with van der Waals surface area (Å²) in [6.07, 6.45) is 2.20. The Morgan fingerprint density at radius 2 is 2.32 bits per heavy atom. The first-order valence-electron chi connectivity index (χ1n) is 6.65. The molecule has 1 aromatic heterocycles. The quantitative estimate of drug-likeness (QED) is 0.869. The second-order valence-corrected chi connectivity index (χ2v) is 4.97. The fourth-order valence-electron chi connectivity index (χ4n) is 2.27. The number of aromatic nitrogens is 1. The maximum Gasteiger partial charge on any atom is 0.315 e. The van der Waals surface area contributed by atoms with E-state index in [9.17, 15) is 4.79 Å². The predicted molar refractivity (Wildman–Crippen MR) is 69.8 cm³/mol. The van der Waals surface area contributed by atoms with Gasteiger partial charge < -0.3 is 19.9 Å². The smallest absolute Gasteiger partial charge is 0.315 e. The number of ether oxygens (including phenoxy) is 1. The van der Waals surface area contributed by atoms with Crippen molar-refractivity contribution in [3.63, 3.8) is 0 Å². The lowest BCUT2D eigenvalue weighted by molar-refractivity contribution is 0.0860. The number of urea groups is 1. The van der Waals surface area contributed by atoms with E-state index in [1.165, 1.54) is 0 Å². The van der Waals surface area contributed by atoms with Gasteiger partial charge >= 0.3 is 6.03 Å². The second kappa shape index (κ2) is 6.06. The molecule has 0 aromatic carbocycles. The molecule has 2 rings (SSSR count). The fraction of sp³-hybridized carbons (Fsp3) is 0.692. The third kappa shape index (κ3) is 3.47. The zero-order valence-corrected chi connectivity index (χ0v) is 11.7. The number of rotatable bonds is 4. The van der Waals surface area contributed by atoms with Gasteiger partial charge in [-0.15, -0.1) is 0 Å². The van der Waals surface area contributed by atoms with Crippen LogP contribution in [0.2, 0.25) is 0 Å². The molecular weight excluding hydrogens is 246 g/mol. The molecule has 6 nitrogen and oxygen atoms in total. The maximum absolute atomic E-state index is 11.8. The van der Waals surface area contributed by atoms with Crippen molar-refractivity contribution in [1.29, 1.82) is 0 Å². The number of hydrogen-bond donors (Lipinski definition) is 2. The van der Waals surface area contributed by atoms with Crippen LogP contribution in [0.15, 0.2) is 4.52 Å². The molecule has 106 valence electrons. The molecular formula is C13H21N3O3. The Bertz CT molecular complexity index is 419. The molecule has 0 saturated carbocycles. The van der Waals surface area contributed by atoms with Crippen molar-refractivity contribution in [1.82, 2.24) is 15.8 Å². The van der Waals surface area contributed by atoms with Crippen molar-refractivity contribution in [2.24, 2.45) is 0 Å². The monoisotopic (exact) mass is 267 g/mol. The molecule has 0 spiro atoms. The first-order valence-corrected chi connectivity index (χ1v) is 6.65. The van der Waals surface area contributed by atoms with Gasteiger partial charge in [0, 0.05) is 18.7 Å². The van der Waals surface area contributed by atoms with Crippen LogP contribution in [0, 0.1) is 13.8 Å². The van der Waals surface area contributed by atoms with E-state index < -0.39 is 0 Å². The molecule has 2 atom stereocenters. The predicted octanol–water partition coefficient (Wildman–Crippen LogP) is 1.66. The van der Waals surface area contributed by atoms with Crippen LogP contribution < -0.4 is 10.6 Å². The van der Waals surface area contributed by atoms with E-state index in [0.29, 0.717) is 6.54 Å². The molecule has 19 heavy (non-hydrogen) atoms. The number of carbonyl (C=O) groups is 1. The molecule has 1 aliphatic heterocycles. The number of carbonyl (C=O) groups excluding carboxylic acids is 1. The molecule has 0 unspecified atom stereocenters. The van der Waals surface area contributed by atoms with Crippen LogP contribution in [-0.2, 0) is 11.3 Å². The second-order valence-electron chi connectivity index (χ2n) is 4.97. The number of aryl methyl sites for hydroxylation is 2. The average Bonchev–Trinajstić information content (AvgIpc) is 2.98. The minimum atomic E-state index is -0.192.